The molecule has 1 aliphatic heterocycles. The van der Waals surface area contributed by atoms with Gasteiger partial charge in [0.2, 0.25) is 0 Å². The van der Waals surface area contributed by atoms with E-state index in [-0.39, 0.29) is 16.6 Å². The van der Waals surface area contributed by atoms with E-state index < -0.39 is 5.97 Å². The molecule has 1 aromatic heterocycles. The van der Waals surface area contributed by atoms with Crippen LogP contribution in [0, 0.1) is 5.92 Å². The second-order valence-corrected chi connectivity index (χ2v) is 4.82. The molecular formula is C12H15ClN2O3. The number of carboxylic acids is 1. The number of carbonyl (C=O) groups is 1. The number of aromatic nitrogens is 1. The highest BCUT2D eigenvalue weighted by molar-refractivity contribution is 6.33. The number of rotatable bonds is 4. The summed E-state index contributed by atoms with van der Waals surface area (Å²) in [5.41, 5.74) is 0.0593. The van der Waals surface area contributed by atoms with Crippen LogP contribution < -0.4 is 5.32 Å². The number of nitrogens with one attached hydrogen (secondary N) is 1. The topological polar surface area (TPSA) is 71.5 Å². The van der Waals surface area contributed by atoms with Crippen LogP contribution in [0.3, 0.4) is 0 Å². The van der Waals surface area contributed by atoms with Gasteiger partial charge in [0.05, 0.1) is 17.2 Å². The molecule has 18 heavy (non-hydrogen) atoms. The minimum Gasteiger partial charge on any atom is -0.478 e. The van der Waals surface area contributed by atoms with Crippen molar-refractivity contribution in [1.29, 1.82) is 0 Å². The highest BCUT2D eigenvalue weighted by Crippen LogP contribution is 2.22. The summed E-state index contributed by atoms with van der Waals surface area (Å²) in [5.74, 6) is -0.103. The van der Waals surface area contributed by atoms with Gasteiger partial charge in [0.15, 0.2) is 0 Å². The maximum absolute atomic E-state index is 11.0. The Morgan fingerprint density at radius 1 is 1.72 bits per heavy atom. The van der Waals surface area contributed by atoms with E-state index >= 15 is 0 Å². The molecule has 0 amide bonds. The van der Waals surface area contributed by atoms with E-state index in [1.54, 1.807) is 0 Å². The van der Waals surface area contributed by atoms with Crippen molar-refractivity contribution >= 4 is 23.4 Å². The summed E-state index contributed by atoms with van der Waals surface area (Å²) in [6, 6.07) is 1.64. The van der Waals surface area contributed by atoms with Gasteiger partial charge in [-0.2, -0.15) is 0 Å². The van der Waals surface area contributed by atoms with Crippen LogP contribution in [0.25, 0.3) is 0 Å². The van der Waals surface area contributed by atoms with Gasteiger partial charge >= 0.3 is 5.97 Å². The van der Waals surface area contributed by atoms with E-state index in [2.05, 4.69) is 10.3 Å². The van der Waals surface area contributed by atoms with Gasteiger partial charge in [-0.25, -0.2) is 9.78 Å². The van der Waals surface area contributed by atoms with Crippen LogP contribution in [0.2, 0.25) is 5.02 Å². The lowest BCUT2D eigenvalue weighted by Crippen LogP contribution is -2.26. The Bertz CT molecular complexity index is 447. The van der Waals surface area contributed by atoms with Crippen LogP contribution in [0.4, 0.5) is 5.82 Å². The minimum absolute atomic E-state index is 0.0593. The molecule has 1 aliphatic rings. The molecule has 1 fully saturated rings. The first-order valence-electron chi connectivity index (χ1n) is 5.81. The van der Waals surface area contributed by atoms with Gasteiger partial charge in [-0.15, -0.1) is 0 Å². The molecule has 2 heterocycles. The average Bonchev–Trinajstić information content (AvgIpc) is 2.85. The van der Waals surface area contributed by atoms with Crippen LogP contribution in [-0.2, 0) is 4.74 Å². The second-order valence-electron chi connectivity index (χ2n) is 4.41. The van der Waals surface area contributed by atoms with E-state index in [1.165, 1.54) is 12.3 Å². The predicted octanol–water partition coefficient (Wildman–Crippen LogP) is 2.27. The SMILES string of the molecule is CC(Nc1cc(C(=O)O)c(Cl)cn1)C1CCOC1. The number of pyridine rings is 1. The second kappa shape index (κ2) is 5.54. The normalized spacial score (nSPS) is 20.7. The number of aromatic carboxylic acids is 1. The van der Waals surface area contributed by atoms with Crippen molar-refractivity contribution < 1.29 is 14.6 Å². The highest BCUT2D eigenvalue weighted by atomic mass is 35.5. The van der Waals surface area contributed by atoms with Crippen molar-refractivity contribution in [2.24, 2.45) is 5.92 Å². The average molecular weight is 271 g/mol. The molecule has 2 rings (SSSR count). The number of hydrogen-bond donors (Lipinski definition) is 2. The van der Waals surface area contributed by atoms with Crippen molar-refractivity contribution in [3.63, 3.8) is 0 Å². The summed E-state index contributed by atoms with van der Waals surface area (Å²) in [7, 11) is 0. The van der Waals surface area contributed by atoms with Crippen molar-refractivity contribution in [3.05, 3.63) is 22.8 Å². The first-order chi connectivity index (χ1) is 8.58. The molecule has 2 N–H and O–H groups in total. The fraction of sp³-hybridized carbons (Fsp3) is 0.500. The van der Waals surface area contributed by atoms with Crippen LogP contribution in [0.5, 0.6) is 0 Å². The zero-order chi connectivity index (χ0) is 13.1. The lowest BCUT2D eigenvalue weighted by molar-refractivity contribution is 0.0697. The lowest BCUT2D eigenvalue weighted by atomic mass is 10.0. The van der Waals surface area contributed by atoms with Gasteiger partial charge in [0.25, 0.3) is 0 Å². The van der Waals surface area contributed by atoms with E-state index in [0.29, 0.717) is 11.7 Å². The Kier molecular flexibility index (Phi) is 4.04. The molecule has 2 atom stereocenters. The predicted molar refractivity (Wildman–Crippen MR) is 68.2 cm³/mol. The molecule has 0 spiro atoms. The molecule has 2 unspecified atom stereocenters. The van der Waals surface area contributed by atoms with E-state index in [1.807, 2.05) is 6.92 Å². The highest BCUT2D eigenvalue weighted by Gasteiger charge is 2.22. The van der Waals surface area contributed by atoms with E-state index in [0.717, 1.165) is 19.6 Å². The summed E-state index contributed by atoms with van der Waals surface area (Å²) in [4.78, 5) is 15.0. The minimum atomic E-state index is -1.05. The maximum atomic E-state index is 11.0. The van der Waals surface area contributed by atoms with Gasteiger partial charge in [0.1, 0.15) is 5.82 Å². The summed E-state index contributed by atoms with van der Waals surface area (Å²) < 4.78 is 5.32. The van der Waals surface area contributed by atoms with Crippen LogP contribution in [0.15, 0.2) is 12.3 Å². The summed E-state index contributed by atoms with van der Waals surface area (Å²) in [6.07, 6.45) is 2.36. The molecule has 1 saturated heterocycles. The van der Waals surface area contributed by atoms with E-state index in [9.17, 15) is 4.79 Å². The van der Waals surface area contributed by atoms with Gasteiger partial charge in [-0.1, -0.05) is 11.6 Å². The fourth-order valence-corrected chi connectivity index (χ4v) is 2.16. The lowest BCUT2D eigenvalue weighted by Gasteiger charge is -2.20. The van der Waals surface area contributed by atoms with Gasteiger partial charge in [-0.3, -0.25) is 0 Å². The Morgan fingerprint density at radius 2 is 2.50 bits per heavy atom. The molecular weight excluding hydrogens is 256 g/mol. The monoisotopic (exact) mass is 270 g/mol. The summed E-state index contributed by atoms with van der Waals surface area (Å²) in [6.45, 7) is 3.55. The molecule has 0 aliphatic carbocycles. The van der Waals surface area contributed by atoms with Crippen LogP contribution in [-0.4, -0.2) is 35.3 Å². The number of anilines is 1. The molecule has 0 saturated carbocycles. The third kappa shape index (κ3) is 2.91. The molecule has 5 nitrogen and oxygen atoms in total. The largest absolute Gasteiger partial charge is 0.478 e. The van der Waals surface area contributed by atoms with Crippen molar-refractivity contribution in [2.45, 2.75) is 19.4 Å². The van der Waals surface area contributed by atoms with Crippen LogP contribution >= 0.6 is 11.6 Å². The molecule has 0 aromatic carbocycles. The first kappa shape index (κ1) is 13.1. The number of nitrogens with zero attached hydrogens (tertiary/aromatic N) is 1. The third-order valence-electron chi connectivity index (χ3n) is 3.13. The van der Waals surface area contributed by atoms with Crippen molar-refractivity contribution in [2.75, 3.05) is 18.5 Å². The number of hydrogen-bond acceptors (Lipinski definition) is 4. The molecule has 1 aromatic rings. The number of ether oxygens (including phenoxy) is 1. The standard InChI is InChI=1S/C12H15ClN2O3/c1-7(8-2-3-18-6-8)15-11-4-9(12(16)17)10(13)5-14-11/h4-5,7-8H,2-3,6H2,1H3,(H,14,15)(H,16,17). The Balaban J connectivity index is 2.09. The third-order valence-corrected chi connectivity index (χ3v) is 3.43. The zero-order valence-electron chi connectivity index (χ0n) is 10.0. The summed E-state index contributed by atoms with van der Waals surface area (Å²) >= 11 is 5.76. The van der Waals surface area contributed by atoms with Gasteiger partial charge in [0, 0.05) is 24.8 Å². The molecule has 98 valence electrons. The van der Waals surface area contributed by atoms with Crippen molar-refractivity contribution in [3.8, 4) is 0 Å². The van der Waals surface area contributed by atoms with Gasteiger partial charge in [-0.05, 0) is 19.4 Å². The Morgan fingerprint density at radius 3 is 3.11 bits per heavy atom. The van der Waals surface area contributed by atoms with E-state index in [4.69, 9.17) is 21.4 Å². The first-order valence-corrected chi connectivity index (χ1v) is 6.19. The maximum Gasteiger partial charge on any atom is 0.337 e. The number of carboxylic acid groups (broad SMARTS) is 1. The molecule has 6 heteroatoms. The van der Waals surface area contributed by atoms with Crippen LogP contribution in [0.1, 0.15) is 23.7 Å². The Labute approximate surface area is 110 Å². The fourth-order valence-electron chi connectivity index (χ4n) is 1.98. The van der Waals surface area contributed by atoms with Gasteiger partial charge < -0.3 is 15.2 Å². The van der Waals surface area contributed by atoms with Crippen molar-refractivity contribution in [1.82, 2.24) is 4.98 Å². The smallest absolute Gasteiger partial charge is 0.337 e. The quantitative estimate of drug-likeness (QED) is 0.878. The number of halogens is 1. The summed E-state index contributed by atoms with van der Waals surface area (Å²) in [5, 5.41) is 12.3. The molecule has 0 bridgehead atoms. The Hall–Kier alpha value is -1.33. The zero-order valence-corrected chi connectivity index (χ0v) is 10.8. The molecule has 0 radical (unpaired) electrons.